The quantitative estimate of drug-likeness (QED) is 0.681. The van der Waals surface area contributed by atoms with Crippen molar-refractivity contribution in [3.63, 3.8) is 0 Å². The molecule has 18 heavy (non-hydrogen) atoms. The third-order valence-corrected chi connectivity index (χ3v) is 2.21. The van der Waals surface area contributed by atoms with Gasteiger partial charge in [0.25, 0.3) is 0 Å². The molecule has 0 atom stereocenters. The van der Waals surface area contributed by atoms with Crippen LogP contribution in [0.25, 0.3) is 0 Å². The van der Waals surface area contributed by atoms with E-state index in [1.165, 1.54) is 12.1 Å². The predicted molar refractivity (Wildman–Crippen MR) is 66.2 cm³/mol. The van der Waals surface area contributed by atoms with E-state index in [2.05, 4.69) is 0 Å². The molecule has 0 aliphatic heterocycles. The Morgan fingerprint density at radius 3 is 2.78 bits per heavy atom. The van der Waals surface area contributed by atoms with Crippen LogP contribution in [0.5, 0.6) is 5.75 Å². The van der Waals surface area contributed by atoms with E-state index in [1.54, 1.807) is 19.2 Å². The maximum absolute atomic E-state index is 10.7. The molecule has 0 fully saturated rings. The average molecular weight is 254 g/mol. The Balaban J connectivity index is 2.19. The molecule has 0 aliphatic rings. The normalized spacial score (nSPS) is 10.3. The summed E-state index contributed by atoms with van der Waals surface area (Å²) in [5, 5.41) is 8.81. The highest BCUT2D eigenvalue weighted by atomic mass is 16.5. The molecule has 0 aromatic heterocycles. The molecule has 0 bridgehead atoms. The molecule has 100 valence electrons. The van der Waals surface area contributed by atoms with Gasteiger partial charge >= 0.3 is 5.97 Å². The van der Waals surface area contributed by atoms with E-state index in [1.807, 2.05) is 0 Å². The molecule has 0 heterocycles. The molecule has 0 saturated heterocycles. The summed E-state index contributed by atoms with van der Waals surface area (Å²) in [5.74, 6) is -0.424. The molecule has 1 rings (SSSR count). The van der Waals surface area contributed by atoms with Crippen LogP contribution in [0.2, 0.25) is 0 Å². The molecule has 0 unspecified atom stereocenters. The number of rotatable bonds is 9. The third-order valence-electron chi connectivity index (χ3n) is 2.21. The molecule has 0 radical (unpaired) electrons. The van der Waals surface area contributed by atoms with Gasteiger partial charge in [0.05, 0.1) is 12.2 Å². The van der Waals surface area contributed by atoms with E-state index in [0.29, 0.717) is 32.2 Å². The van der Waals surface area contributed by atoms with Gasteiger partial charge in [0, 0.05) is 20.3 Å². The van der Waals surface area contributed by atoms with Gasteiger partial charge in [-0.2, -0.15) is 0 Å². The zero-order valence-corrected chi connectivity index (χ0v) is 10.4. The molecular weight excluding hydrogens is 236 g/mol. The van der Waals surface area contributed by atoms with Crippen LogP contribution in [0.1, 0.15) is 16.8 Å². The molecule has 0 amide bonds. The van der Waals surface area contributed by atoms with Crippen LogP contribution < -0.4 is 4.74 Å². The van der Waals surface area contributed by atoms with E-state index in [4.69, 9.17) is 19.3 Å². The lowest BCUT2D eigenvalue weighted by atomic mass is 10.2. The monoisotopic (exact) mass is 254 g/mol. The van der Waals surface area contributed by atoms with Crippen LogP contribution in [0.15, 0.2) is 24.3 Å². The molecular formula is C13H18O5. The molecule has 5 heteroatoms. The number of carboxylic acids is 1. The van der Waals surface area contributed by atoms with Crippen molar-refractivity contribution < 1.29 is 24.1 Å². The molecule has 1 N–H and O–H groups in total. The first kappa shape index (κ1) is 14.5. The highest BCUT2D eigenvalue weighted by Gasteiger charge is 2.03. The summed E-state index contributed by atoms with van der Waals surface area (Å²) < 4.78 is 15.6. The minimum atomic E-state index is -0.962. The minimum Gasteiger partial charge on any atom is -0.491 e. The number of hydrogen-bond donors (Lipinski definition) is 1. The van der Waals surface area contributed by atoms with Gasteiger partial charge in [-0.15, -0.1) is 0 Å². The summed E-state index contributed by atoms with van der Waals surface area (Å²) >= 11 is 0. The molecule has 1 aromatic rings. The summed E-state index contributed by atoms with van der Waals surface area (Å²) in [4.78, 5) is 10.7. The first-order chi connectivity index (χ1) is 8.74. The van der Waals surface area contributed by atoms with Crippen LogP contribution in [-0.2, 0) is 9.47 Å². The summed E-state index contributed by atoms with van der Waals surface area (Å²) in [6, 6.07) is 6.39. The van der Waals surface area contributed by atoms with E-state index >= 15 is 0 Å². The Kier molecular flexibility index (Phi) is 6.83. The van der Waals surface area contributed by atoms with E-state index in [0.717, 1.165) is 6.42 Å². The lowest BCUT2D eigenvalue weighted by Gasteiger charge is -2.07. The van der Waals surface area contributed by atoms with Gasteiger partial charge in [0.2, 0.25) is 0 Å². The molecule has 0 spiro atoms. The summed E-state index contributed by atoms with van der Waals surface area (Å²) in [6.07, 6.45) is 0.852. The van der Waals surface area contributed by atoms with Crippen molar-refractivity contribution in [1.29, 1.82) is 0 Å². The van der Waals surface area contributed by atoms with E-state index in [-0.39, 0.29) is 5.56 Å². The SMILES string of the molecule is COCCCOCCOc1cccc(C(=O)O)c1. The van der Waals surface area contributed by atoms with Crippen molar-refractivity contribution in [3.8, 4) is 5.75 Å². The first-order valence-electron chi connectivity index (χ1n) is 5.77. The van der Waals surface area contributed by atoms with Gasteiger partial charge < -0.3 is 19.3 Å². The third kappa shape index (κ3) is 5.65. The van der Waals surface area contributed by atoms with Gasteiger partial charge in [-0.25, -0.2) is 4.79 Å². The van der Waals surface area contributed by atoms with Gasteiger partial charge in [-0.1, -0.05) is 6.07 Å². The number of aromatic carboxylic acids is 1. The predicted octanol–water partition coefficient (Wildman–Crippen LogP) is 1.82. The number of hydrogen-bond acceptors (Lipinski definition) is 4. The fourth-order valence-electron chi connectivity index (χ4n) is 1.34. The van der Waals surface area contributed by atoms with Crippen LogP contribution in [0.4, 0.5) is 0 Å². The summed E-state index contributed by atoms with van der Waals surface area (Å²) in [6.45, 7) is 2.19. The van der Waals surface area contributed by atoms with Crippen LogP contribution in [-0.4, -0.2) is 44.6 Å². The number of ether oxygens (including phenoxy) is 3. The highest BCUT2D eigenvalue weighted by molar-refractivity contribution is 5.87. The number of benzene rings is 1. The van der Waals surface area contributed by atoms with E-state index in [9.17, 15) is 4.79 Å². The second-order valence-electron chi connectivity index (χ2n) is 3.64. The highest BCUT2D eigenvalue weighted by Crippen LogP contribution is 2.13. The Labute approximate surface area is 106 Å². The second kappa shape index (κ2) is 8.49. The second-order valence-corrected chi connectivity index (χ2v) is 3.64. The van der Waals surface area contributed by atoms with Gasteiger partial charge in [-0.05, 0) is 24.6 Å². The topological polar surface area (TPSA) is 65.0 Å². The number of carbonyl (C=O) groups is 1. The van der Waals surface area contributed by atoms with Gasteiger partial charge in [-0.3, -0.25) is 0 Å². The summed E-state index contributed by atoms with van der Waals surface area (Å²) in [7, 11) is 1.65. The van der Waals surface area contributed by atoms with Crippen LogP contribution in [0.3, 0.4) is 0 Å². The van der Waals surface area contributed by atoms with Crippen molar-refractivity contribution in [2.45, 2.75) is 6.42 Å². The zero-order chi connectivity index (χ0) is 13.2. The van der Waals surface area contributed by atoms with Crippen molar-refractivity contribution in [2.75, 3.05) is 33.5 Å². The first-order valence-corrected chi connectivity index (χ1v) is 5.77. The number of methoxy groups -OCH3 is 1. The molecule has 1 aromatic carbocycles. The lowest BCUT2D eigenvalue weighted by molar-refractivity contribution is 0.0695. The standard InChI is InChI=1S/C13H18O5/c1-16-6-3-7-17-8-9-18-12-5-2-4-11(10-12)13(14)15/h2,4-5,10H,3,6-9H2,1H3,(H,14,15). The molecule has 0 saturated carbocycles. The average Bonchev–Trinajstić information content (AvgIpc) is 2.38. The van der Waals surface area contributed by atoms with Crippen molar-refractivity contribution in [1.82, 2.24) is 0 Å². The van der Waals surface area contributed by atoms with Gasteiger partial charge in [0.1, 0.15) is 12.4 Å². The van der Waals surface area contributed by atoms with Crippen LogP contribution >= 0.6 is 0 Å². The number of carboxylic acid groups (broad SMARTS) is 1. The Bertz CT molecular complexity index is 364. The largest absolute Gasteiger partial charge is 0.491 e. The zero-order valence-electron chi connectivity index (χ0n) is 10.4. The Hall–Kier alpha value is -1.59. The minimum absolute atomic E-state index is 0.216. The molecule has 0 aliphatic carbocycles. The van der Waals surface area contributed by atoms with Gasteiger partial charge in [0.15, 0.2) is 0 Å². The maximum Gasteiger partial charge on any atom is 0.335 e. The van der Waals surface area contributed by atoms with Crippen molar-refractivity contribution in [2.24, 2.45) is 0 Å². The van der Waals surface area contributed by atoms with E-state index < -0.39 is 5.97 Å². The smallest absolute Gasteiger partial charge is 0.335 e. The lowest BCUT2D eigenvalue weighted by Crippen LogP contribution is -2.09. The summed E-state index contributed by atoms with van der Waals surface area (Å²) in [5.41, 5.74) is 0.216. The Morgan fingerprint density at radius 2 is 2.06 bits per heavy atom. The molecule has 5 nitrogen and oxygen atoms in total. The maximum atomic E-state index is 10.7. The fourth-order valence-corrected chi connectivity index (χ4v) is 1.34. The van der Waals surface area contributed by atoms with Crippen LogP contribution in [0, 0.1) is 0 Å². The fraction of sp³-hybridized carbons (Fsp3) is 0.462. The van der Waals surface area contributed by atoms with Crippen molar-refractivity contribution in [3.05, 3.63) is 29.8 Å². The van der Waals surface area contributed by atoms with Crippen molar-refractivity contribution >= 4 is 5.97 Å². The Morgan fingerprint density at radius 1 is 1.22 bits per heavy atom.